The van der Waals surface area contributed by atoms with E-state index in [1.807, 2.05) is 0 Å². The standard InChI is InChI=1S/C65H104O33/c1-60(2)14-16-65(59(86)98-57-47(82)42(77)38(73)30(93-57)23-88-54-45(80)41(76)37(72)29(92-54)22-87-53-44(79)39(74)34(69)26(19-66)89-53)17-15-63(6)24(25(65)18-60)8-9-32-62(5)12-11-33(61(3,4)31(62)10-13-64(32,63)7)94-58-50(96-56-46(81)40(75)35(70)27(20-67)90-56)48(83)49(51(97-58)52(84)85)95-55-43(78)36(71)28(21-68)91-55/h8,25-51,53-58,66-83H,9-23H2,1-7H3,(H,84,85). The van der Waals surface area contributed by atoms with Crippen LogP contribution in [0.3, 0.4) is 0 Å². The van der Waals surface area contributed by atoms with E-state index in [0.717, 1.165) is 12.0 Å². The van der Waals surface area contributed by atoms with Gasteiger partial charge >= 0.3 is 11.9 Å². The number of aliphatic carboxylic acids is 1. The van der Waals surface area contributed by atoms with Crippen LogP contribution >= 0.6 is 0 Å². The smallest absolute Gasteiger partial charge is 0.335 e. The average molecular weight is 1410 g/mol. The fraction of sp³-hybridized carbons (Fsp3) is 0.938. The molecule has 4 saturated carbocycles. The Morgan fingerprint density at radius 1 is 0.459 bits per heavy atom. The monoisotopic (exact) mass is 1410 g/mol. The van der Waals surface area contributed by atoms with Crippen LogP contribution in [-0.4, -0.2) is 326 Å². The number of aliphatic hydroxyl groups is 18. The second-order valence-electron chi connectivity index (χ2n) is 31.5. The molecule has 0 spiro atoms. The lowest BCUT2D eigenvalue weighted by Crippen LogP contribution is -2.68. The third-order valence-electron chi connectivity index (χ3n) is 25.2. The average Bonchev–Trinajstić information content (AvgIpc) is 0.716. The minimum atomic E-state index is -2.07. The number of carbonyl (C=O) groups is 2. The van der Waals surface area contributed by atoms with Gasteiger partial charge in [0.05, 0.1) is 44.6 Å². The number of esters is 1. The van der Waals surface area contributed by atoms with E-state index in [1.165, 1.54) is 0 Å². The summed E-state index contributed by atoms with van der Waals surface area (Å²) in [4.78, 5) is 28.5. The fourth-order valence-electron chi connectivity index (χ4n) is 19.0. The molecule has 10 fully saturated rings. The number of hydrogen-bond acceptors (Lipinski definition) is 32. The zero-order chi connectivity index (χ0) is 71.6. The maximum absolute atomic E-state index is 15.4. The lowest BCUT2D eigenvalue weighted by Gasteiger charge is -2.71. The first-order valence-corrected chi connectivity index (χ1v) is 34.3. The summed E-state index contributed by atoms with van der Waals surface area (Å²) >= 11 is 0. The molecule has 0 bridgehead atoms. The molecule has 562 valence electrons. The first-order valence-electron chi connectivity index (χ1n) is 34.3. The number of carbonyl (C=O) groups excluding carboxylic acids is 1. The largest absolute Gasteiger partial charge is 0.479 e. The zero-order valence-electron chi connectivity index (χ0n) is 55.9. The Labute approximate surface area is 565 Å². The highest BCUT2D eigenvalue weighted by atomic mass is 16.8. The van der Waals surface area contributed by atoms with Crippen molar-refractivity contribution in [1.29, 1.82) is 0 Å². The highest BCUT2D eigenvalue weighted by molar-refractivity contribution is 5.79. The van der Waals surface area contributed by atoms with Gasteiger partial charge in [-0.05, 0) is 109 Å². The van der Waals surface area contributed by atoms with Gasteiger partial charge in [0.2, 0.25) is 6.29 Å². The van der Waals surface area contributed by atoms with Crippen molar-refractivity contribution >= 4 is 11.9 Å². The molecule has 37 unspecified atom stereocenters. The highest BCUT2D eigenvalue weighted by Gasteiger charge is 2.71. The summed E-state index contributed by atoms with van der Waals surface area (Å²) in [5.41, 5.74) is -2.20. The molecule has 5 aliphatic carbocycles. The van der Waals surface area contributed by atoms with Gasteiger partial charge in [-0.1, -0.05) is 60.1 Å². The van der Waals surface area contributed by atoms with Crippen molar-refractivity contribution in [3.05, 3.63) is 11.6 Å². The van der Waals surface area contributed by atoms with Gasteiger partial charge in [-0.3, -0.25) is 4.79 Å². The lowest BCUT2D eigenvalue weighted by molar-refractivity contribution is -0.383. The molecule has 0 aromatic carbocycles. The van der Waals surface area contributed by atoms with Crippen LogP contribution in [0.5, 0.6) is 0 Å². The van der Waals surface area contributed by atoms with Crippen LogP contribution in [0.2, 0.25) is 0 Å². The fourth-order valence-corrected chi connectivity index (χ4v) is 19.0. The molecule has 0 radical (unpaired) electrons. The Morgan fingerprint density at radius 2 is 0.908 bits per heavy atom. The summed E-state index contributed by atoms with van der Waals surface area (Å²) in [5, 5.41) is 204. The molecule has 33 nitrogen and oxygen atoms in total. The number of rotatable bonds is 18. The van der Waals surface area contributed by atoms with Gasteiger partial charge in [0.25, 0.3) is 0 Å². The van der Waals surface area contributed by atoms with E-state index in [-0.39, 0.29) is 34.0 Å². The zero-order valence-corrected chi connectivity index (χ0v) is 55.9. The number of allylic oxidation sites excluding steroid dienone is 2. The minimum Gasteiger partial charge on any atom is -0.479 e. The topological polar surface area (TPSA) is 529 Å². The maximum Gasteiger partial charge on any atom is 0.335 e. The van der Waals surface area contributed by atoms with Crippen molar-refractivity contribution in [3.63, 3.8) is 0 Å². The van der Waals surface area contributed by atoms with Crippen molar-refractivity contribution in [2.24, 2.45) is 50.2 Å². The normalized spacial score (nSPS) is 53.1. The summed E-state index contributed by atoms with van der Waals surface area (Å²) < 4.78 is 70.8. The molecule has 98 heavy (non-hydrogen) atoms. The Kier molecular flexibility index (Phi) is 22.5. The van der Waals surface area contributed by atoms with Gasteiger partial charge in [0, 0.05) is 0 Å². The molecule has 11 rings (SSSR count). The molecule has 33 heteroatoms. The summed E-state index contributed by atoms with van der Waals surface area (Å²) in [6.45, 7) is 11.6. The Bertz CT molecular complexity index is 2800. The Balaban J connectivity index is 0.793. The molecule has 6 aliphatic heterocycles. The molecule has 0 amide bonds. The molecule has 6 heterocycles. The van der Waals surface area contributed by atoms with Gasteiger partial charge < -0.3 is 154 Å². The van der Waals surface area contributed by atoms with Crippen LogP contribution in [-0.2, 0) is 66.4 Å². The lowest BCUT2D eigenvalue weighted by atomic mass is 9.33. The van der Waals surface area contributed by atoms with Crippen molar-refractivity contribution in [1.82, 2.24) is 0 Å². The number of aliphatic hydroxyl groups excluding tert-OH is 18. The predicted octanol–water partition coefficient (Wildman–Crippen LogP) is -5.66. The van der Waals surface area contributed by atoms with E-state index in [9.17, 15) is 102 Å². The number of hydrogen-bond donors (Lipinski definition) is 19. The van der Waals surface area contributed by atoms with Gasteiger partial charge in [0.15, 0.2) is 37.6 Å². The first kappa shape index (κ1) is 76.6. The second-order valence-corrected chi connectivity index (χ2v) is 31.5. The van der Waals surface area contributed by atoms with E-state index in [0.29, 0.717) is 57.8 Å². The highest BCUT2D eigenvalue weighted by Crippen LogP contribution is 2.76. The van der Waals surface area contributed by atoms with Crippen molar-refractivity contribution in [3.8, 4) is 0 Å². The van der Waals surface area contributed by atoms with Crippen LogP contribution < -0.4 is 0 Å². The minimum absolute atomic E-state index is 0.0576. The summed E-state index contributed by atoms with van der Waals surface area (Å²) in [5.74, 6) is -2.69. The molecule has 37 atom stereocenters. The van der Waals surface area contributed by atoms with E-state index in [4.69, 9.17) is 56.8 Å². The van der Waals surface area contributed by atoms with Crippen molar-refractivity contribution < 1.29 is 163 Å². The third kappa shape index (κ3) is 13.2. The number of carboxylic acids is 1. The van der Waals surface area contributed by atoms with Crippen LogP contribution in [0.1, 0.15) is 113 Å². The maximum atomic E-state index is 15.4. The first-order chi connectivity index (χ1) is 45.9. The van der Waals surface area contributed by atoms with Gasteiger partial charge in [-0.25, -0.2) is 4.79 Å². The van der Waals surface area contributed by atoms with Crippen LogP contribution in [0.15, 0.2) is 11.6 Å². The summed E-state index contributed by atoms with van der Waals surface area (Å²) in [6.07, 6.45) is -44.6. The van der Waals surface area contributed by atoms with E-state index < -0.39 is 245 Å². The summed E-state index contributed by atoms with van der Waals surface area (Å²) in [6, 6.07) is 0. The van der Waals surface area contributed by atoms with Crippen molar-refractivity contribution in [2.75, 3.05) is 33.0 Å². The molecule has 0 aromatic rings. The molecule has 0 aromatic heterocycles. The second kappa shape index (κ2) is 28.8. The summed E-state index contributed by atoms with van der Waals surface area (Å²) in [7, 11) is 0. The number of fused-ring (bicyclic) bond motifs is 7. The molecular weight excluding hydrogens is 1310 g/mol. The molecule has 19 N–H and O–H groups in total. The van der Waals surface area contributed by atoms with Crippen LogP contribution in [0, 0.1) is 50.2 Å². The predicted molar refractivity (Wildman–Crippen MR) is 323 cm³/mol. The van der Waals surface area contributed by atoms with Gasteiger partial charge in [-0.15, -0.1) is 0 Å². The van der Waals surface area contributed by atoms with E-state index in [2.05, 4.69) is 54.5 Å². The van der Waals surface area contributed by atoms with E-state index in [1.54, 1.807) is 0 Å². The van der Waals surface area contributed by atoms with E-state index >= 15 is 4.79 Å². The molecule has 6 saturated heterocycles. The third-order valence-corrected chi connectivity index (χ3v) is 25.2. The van der Waals surface area contributed by atoms with Gasteiger partial charge in [0.1, 0.15) is 134 Å². The van der Waals surface area contributed by atoms with Crippen LogP contribution in [0.4, 0.5) is 0 Å². The Morgan fingerprint density at radius 3 is 1.44 bits per heavy atom. The van der Waals surface area contributed by atoms with Gasteiger partial charge in [-0.2, -0.15) is 0 Å². The van der Waals surface area contributed by atoms with Crippen molar-refractivity contribution in [2.45, 2.75) is 297 Å². The quantitative estimate of drug-likeness (QED) is 0.0346. The molecular formula is C65H104O33. The number of ether oxygens (including phenoxy) is 12. The molecule has 11 aliphatic rings. The SMILES string of the molecule is CC1(C)CCC2(C(=O)OC3OC(COC4OC(COC5OC(CO)C(O)C(O)C5O)C(O)C(O)C4O)C(O)C(O)C3O)CCC3(C)C(=CCC4C5(C)CCC(OC6OC(C(=O)O)C(OC7OC(CO)C(O)C7O)C(O)C6OC6OC(CO)C(O)C(O)C6O)C(C)(C)C5CCC43C)C2C1. The number of carboxylic acid groups (broad SMARTS) is 1. The Hall–Kier alpha value is -2.48. The van der Waals surface area contributed by atoms with Crippen LogP contribution in [0.25, 0.3) is 0 Å².